The zero-order valence-electron chi connectivity index (χ0n) is 10.1. The maximum absolute atomic E-state index is 5.56. The molecule has 1 unspecified atom stereocenters. The minimum Gasteiger partial charge on any atom is -0.493 e. The van der Waals surface area contributed by atoms with Crippen molar-refractivity contribution in [2.24, 2.45) is 0 Å². The molecule has 94 valence electrons. The summed E-state index contributed by atoms with van der Waals surface area (Å²) >= 11 is 4.16. The second kappa shape index (κ2) is 5.19. The minimum atomic E-state index is 0.274. The fraction of sp³-hybridized carbons (Fsp3) is 0.286. The van der Waals surface area contributed by atoms with Crippen LogP contribution in [0, 0.1) is 2.88 Å². The number of halogens is 1. The van der Waals surface area contributed by atoms with Crippen LogP contribution in [-0.2, 0) is 6.42 Å². The van der Waals surface area contributed by atoms with E-state index in [4.69, 9.17) is 4.74 Å². The van der Waals surface area contributed by atoms with Crippen LogP contribution in [0.3, 0.4) is 0 Å². The average molecular weight is 371 g/mol. The quantitative estimate of drug-likeness (QED) is 0.833. The van der Waals surface area contributed by atoms with Crippen molar-refractivity contribution in [1.82, 2.24) is 5.32 Å². The van der Waals surface area contributed by atoms with Crippen LogP contribution in [0.15, 0.2) is 29.6 Å². The normalized spacial score (nSPS) is 15.2. The maximum atomic E-state index is 5.56. The Hall–Kier alpha value is -0.590. The molecule has 1 N–H and O–H groups in total. The van der Waals surface area contributed by atoms with Crippen molar-refractivity contribution in [2.75, 3.05) is 13.7 Å². The third-order valence-electron chi connectivity index (χ3n) is 3.26. The van der Waals surface area contributed by atoms with Crippen LogP contribution in [0.25, 0.3) is 0 Å². The average Bonchev–Trinajstić information content (AvgIpc) is 2.99. The molecule has 0 radical (unpaired) electrons. The first-order valence-corrected chi connectivity index (χ1v) is 7.90. The zero-order valence-corrected chi connectivity index (χ0v) is 13.0. The van der Waals surface area contributed by atoms with E-state index in [0.29, 0.717) is 0 Å². The molecular weight excluding hydrogens is 357 g/mol. The van der Waals surface area contributed by atoms with Gasteiger partial charge in [-0.15, -0.1) is 11.3 Å². The molecule has 18 heavy (non-hydrogen) atoms. The first-order valence-electron chi connectivity index (χ1n) is 5.95. The van der Waals surface area contributed by atoms with Gasteiger partial charge in [-0.1, -0.05) is 12.1 Å². The van der Waals surface area contributed by atoms with Gasteiger partial charge in [0.2, 0.25) is 0 Å². The molecule has 1 aromatic carbocycles. The van der Waals surface area contributed by atoms with Crippen molar-refractivity contribution in [2.45, 2.75) is 12.5 Å². The Bertz CT molecular complexity index is 567. The number of hydrogen-bond acceptors (Lipinski definition) is 3. The van der Waals surface area contributed by atoms with Crippen LogP contribution >= 0.6 is 33.9 Å². The predicted octanol–water partition coefficient (Wildman–Crippen LogP) is 3.60. The van der Waals surface area contributed by atoms with Crippen LogP contribution < -0.4 is 10.1 Å². The molecule has 0 spiro atoms. The molecular formula is C14H14INOS. The SMILES string of the molecule is CNC(c1csc(I)c1)c1ccc2c(c1)CCO2. The molecule has 0 saturated heterocycles. The molecule has 4 heteroatoms. The van der Waals surface area contributed by atoms with Gasteiger partial charge in [0, 0.05) is 6.42 Å². The van der Waals surface area contributed by atoms with E-state index in [-0.39, 0.29) is 6.04 Å². The topological polar surface area (TPSA) is 21.3 Å². The third-order valence-corrected chi connectivity index (χ3v) is 5.06. The summed E-state index contributed by atoms with van der Waals surface area (Å²) in [6, 6.07) is 9.05. The maximum Gasteiger partial charge on any atom is 0.122 e. The molecule has 0 amide bonds. The second-order valence-electron chi connectivity index (χ2n) is 4.37. The summed E-state index contributed by atoms with van der Waals surface area (Å²) in [7, 11) is 2.01. The standard InChI is InChI=1S/C14H14INOS/c1-16-14(11-7-13(15)18-8-11)10-2-3-12-9(6-10)4-5-17-12/h2-3,6-8,14,16H,4-5H2,1H3. The minimum absolute atomic E-state index is 0.274. The van der Waals surface area contributed by atoms with Gasteiger partial charge < -0.3 is 10.1 Å². The molecule has 2 aromatic rings. The first-order chi connectivity index (χ1) is 8.78. The van der Waals surface area contributed by atoms with Crippen LogP contribution in [0.5, 0.6) is 5.75 Å². The summed E-state index contributed by atoms with van der Waals surface area (Å²) < 4.78 is 6.88. The molecule has 1 aromatic heterocycles. The van der Waals surface area contributed by atoms with E-state index < -0.39 is 0 Å². The zero-order chi connectivity index (χ0) is 12.5. The predicted molar refractivity (Wildman–Crippen MR) is 83.6 cm³/mol. The Morgan fingerprint density at radius 3 is 2.94 bits per heavy atom. The van der Waals surface area contributed by atoms with E-state index in [9.17, 15) is 0 Å². The number of fused-ring (bicyclic) bond motifs is 1. The number of benzene rings is 1. The Balaban J connectivity index is 1.96. The van der Waals surface area contributed by atoms with Crippen molar-refractivity contribution in [3.05, 3.63) is 49.2 Å². The van der Waals surface area contributed by atoms with E-state index in [1.165, 1.54) is 19.6 Å². The van der Waals surface area contributed by atoms with Crippen LogP contribution in [0.2, 0.25) is 0 Å². The first kappa shape index (κ1) is 12.4. The highest BCUT2D eigenvalue weighted by Gasteiger charge is 2.18. The van der Waals surface area contributed by atoms with Crippen molar-refractivity contribution < 1.29 is 4.74 Å². The number of ether oxygens (including phenoxy) is 1. The van der Waals surface area contributed by atoms with Gasteiger partial charge in [0.15, 0.2) is 0 Å². The fourth-order valence-corrected chi connectivity index (χ4v) is 3.78. The van der Waals surface area contributed by atoms with Crippen LogP contribution in [0.1, 0.15) is 22.7 Å². The summed E-state index contributed by atoms with van der Waals surface area (Å²) in [4.78, 5) is 0. The van der Waals surface area contributed by atoms with Crippen molar-refractivity contribution in [1.29, 1.82) is 0 Å². The molecule has 0 saturated carbocycles. The number of nitrogens with one attached hydrogen (secondary N) is 1. The van der Waals surface area contributed by atoms with Gasteiger partial charge in [-0.2, -0.15) is 0 Å². The smallest absolute Gasteiger partial charge is 0.122 e. The number of rotatable bonds is 3. The molecule has 3 rings (SSSR count). The highest BCUT2D eigenvalue weighted by atomic mass is 127. The molecule has 0 bridgehead atoms. The van der Waals surface area contributed by atoms with Gasteiger partial charge in [0.1, 0.15) is 5.75 Å². The Labute approximate surface area is 125 Å². The monoisotopic (exact) mass is 371 g/mol. The number of thiophene rings is 1. The fourth-order valence-electron chi connectivity index (χ4n) is 2.39. The lowest BCUT2D eigenvalue weighted by Gasteiger charge is -2.16. The Morgan fingerprint density at radius 2 is 2.22 bits per heavy atom. The van der Waals surface area contributed by atoms with Gasteiger partial charge >= 0.3 is 0 Å². The van der Waals surface area contributed by atoms with Crippen LogP contribution in [0.4, 0.5) is 0 Å². The Morgan fingerprint density at radius 1 is 1.33 bits per heavy atom. The largest absolute Gasteiger partial charge is 0.493 e. The lowest BCUT2D eigenvalue weighted by molar-refractivity contribution is 0.357. The molecule has 1 aliphatic heterocycles. The highest BCUT2D eigenvalue weighted by molar-refractivity contribution is 14.1. The second-order valence-corrected chi connectivity index (χ2v) is 7.18. The van der Waals surface area contributed by atoms with Gasteiger partial charge in [-0.3, -0.25) is 0 Å². The van der Waals surface area contributed by atoms with Gasteiger partial charge in [0.25, 0.3) is 0 Å². The molecule has 0 aliphatic carbocycles. The molecule has 0 fully saturated rings. The molecule has 2 nitrogen and oxygen atoms in total. The Kier molecular flexibility index (Phi) is 3.59. The van der Waals surface area contributed by atoms with Gasteiger partial charge in [-0.05, 0) is 63.8 Å². The lowest BCUT2D eigenvalue weighted by Crippen LogP contribution is -2.17. The summed E-state index contributed by atoms with van der Waals surface area (Å²) in [5.74, 6) is 1.05. The van der Waals surface area contributed by atoms with E-state index in [0.717, 1.165) is 18.8 Å². The van der Waals surface area contributed by atoms with Crippen molar-refractivity contribution in [3.63, 3.8) is 0 Å². The lowest BCUT2D eigenvalue weighted by atomic mass is 9.98. The van der Waals surface area contributed by atoms with E-state index in [2.05, 4.69) is 57.6 Å². The summed E-state index contributed by atoms with van der Waals surface area (Å²) in [5, 5.41) is 5.63. The summed E-state index contributed by atoms with van der Waals surface area (Å²) in [6.07, 6.45) is 1.03. The van der Waals surface area contributed by atoms with Crippen LogP contribution in [-0.4, -0.2) is 13.7 Å². The number of hydrogen-bond donors (Lipinski definition) is 1. The van der Waals surface area contributed by atoms with E-state index >= 15 is 0 Å². The summed E-state index contributed by atoms with van der Waals surface area (Å²) in [5.41, 5.74) is 3.99. The van der Waals surface area contributed by atoms with E-state index in [1.807, 2.05) is 7.05 Å². The highest BCUT2D eigenvalue weighted by Crippen LogP contribution is 2.32. The van der Waals surface area contributed by atoms with Crippen molar-refractivity contribution >= 4 is 33.9 Å². The molecule has 2 heterocycles. The third kappa shape index (κ3) is 2.29. The van der Waals surface area contributed by atoms with Crippen molar-refractivity contribution in [3.8, 4) is 5.75 Å². The van der Waals surface area contributed by atoms with Gasteiger partial charge in [-0.25, -0.2) is 0 Å². The van der Waals surface area contributed by atoms with Gasteiger partial charge in [0.05, 0.1) is 15.5 Å². The molecule has 1 aliphatic rings. The van der Waals surface area contributed by atoms with E-state index in [1.54, 1.807) is 11.3 Å². The summed E-state index contributed by atoms with van der Waals surface area (Å²) in [6.45, 7) is 0.819. The molecule has 1 atom stereocenters.